The number of rotatable bonds is 3. The Balaban J connectivity index is 1.97. The van der Waals surface area contributed by atoms with Crippen LogP contribution in [0.3, 0.4) is 0 Å². The predicted octanol–water partition coefficient (Wildman–Crippen LogP) is 2.72. The number of amides is 2. The van der Waals surface area contributed by atoms with Gasteiger partial charge in [-0.25, -0.2) is 4.39 Å². The fourth-order valence-corrected chi connectivity index (χ4v) is 2.76. The molecule has 1 N–H and O–H groups in total. The number of carbonyl (C=O) groups excluding carboxylic acids is 2. The van der Waals surface area contributed by atoms with Crippen molar-refractivity contribution in [1.29, 1.82) is 0 Å². The van der Waals surface area contributed by atoms with Crippen molar-refractivity contribution < 1.29 is 14.0 Å². The van der Waals surface area contributed by atoms with Crippen molar-refractivity contribution >= 4 is 27.7 Å². The van der Waals surface area contributed by atoms with Crippen LogP contribution in [-0.4, -0.2) is 35.8 Å². The molecule has 1 aliphatic heterocycles. The first-order valence-corrected chi connectivity index (χ1v) is 7.85. The molecule has 1 heterocycles. The van der Waals surface area contributed by atoms with Crippen LogP contribution in [0, 0.1) is 5.82 Å². The Labute approximate surface area is 131 Å². The summed E-state index contributed by atoms with van der Waals surface area (Å²) in [6.07, 6.45) is 1.86. The Kier molecular flexibility index (Phi) is 5.33. The maximum atomic E-state index is 14.0. The molecule has 1 fully saturated rings. The molecule has 0 aromatic heterocycles. The summed E-state index contributed by atoms with van der Waals surface area (Å²) in [5.41, 5.74) is 0.0837. The van der Waals surface area contributed by atoms with Crippen molar-refractivity contribution in [3.05, 3.63) is 34.1 Å². The van der Waals surface area contributed by atoms with E-state index in [-0.39, 0.29) is 23.4 Å². The second kappa shape index (κ2) is 7.02. The van der Waals surface area contributed by atoms with Gasteiger partial charge in [-0.1, -0.05) is 13.0 Å². The quantitative estimate of drug-likeness (QED) is 0.904. The van der Waals surface area contributed by atoms with Crippen LogP contribution in [0.1, 0.15) is 36.5 Å². The predicted molar refractivity (Wildman–Crippen MR) is 81.5 cm³/mol. The van der Waals surface area contributed by atoms with Gasteiger partial charge in [0, 0.05) is 25.6 Å². The molecule has 114 valence electrons. The highest BCUT2D eigenvalue weighted by Crippen LogP contribution is 2.21. The van der Waals surface area contributed by atoms with E-state index in [2.05, 4.69) is 21.2 Å². The number of nitrogens with one attached hydrogen (secondary N) is 1. The fraction of sp³-hybridized carbons (Fsp3) is 0.467. The fourth-order valence-electron chi connectivity index (χ4n) is 2.40. The molecule has 0 unspecified atom stereocenters. The Morgan fingerprint density at radius 2 is 2.05 bits per heavy atom. The van der Waals surface area contributed by atoms with E-state index in [1.165, 1.54) is 6.07 Å². The van der Waals surface area contributed by atoms with Crippen LogP contribution < -0.4 is 5.32 Å². The molecule has 0 saturated carbocycles. The minimum absolute atomic E-state index is 0.0258. The monoisotopic (exact) mass is 356 g/mol. The molecular formula is C15H18BrFN2O2. The smallest absolute Gasteiger partial charge is 0.256 e. The number of halogens is 2. The van der Waals surface area contributed by atoms with Gasteiger partial charge in [0.2, 0.25) is 5.91 Å². The van der Waals surface area contributed by atoms with Crippen LogP contribution in [-0.2, 0) is 4.79 Å². The number of nitrogens with zero attached hydrogens (tertiary/aromatic N) is 1. The van der Waals surface area contributed by atoms with Crippen LogP contribution in [0.25, 0.3) is 0 Å². The zero-order chi connectivity index (χ0) is 15.4. The molecule has 0 aliphatic carbocycles. The van der Waals surface area contributed by atoms with Crippen molar-refractivity contribution in [1.82, 2.24) is 10.2 Å². The number of hydrogen-bond acceptors (Lipinski definition) is 2. The van der Waals surface area contributed by atoms with E-state index in [0.717, 1.165) is 0 Å². The van der Waals surface area contributed by atoms with Crippen LogP contribution in [0.5, 0.6) is 0 Å². The standard InChI is InChI=1S/C15H18BrFN2O2/c1-2-13(20)18-10-6-8-19(9-7-10)15(21)11-4-3-5-12(16)14(11)17/h3-5,10H,2,6-9H2,1H3,(H,18,20). The first kappa shape index (κ1) is 15.9. The molecule has 1 aromatic rings. The van der Waals surface area contributed by atoms with Gasteiger partial charge in [-0.3, -0.25) is 9.59 Å². The van der Waals surface area contributed by atoms with Crippen LogP contribution in [0.15, 0.2) is 22.7 Å². The van der Waals surface area contributed by atoms with Gasteiger partial charge in [0.05, 0.1) is 10.0 Å². The molecule has 2 amide bonds. The van der Waals surface area contributed by atoms with Crippen molar-refractivity contribution in [2.24, 2.45) is 0 Å². The minimum Gasteiger partial charge on any atom is -0.353 e. The van der Waals surface area contributed by atoms with Gasteiger partial charge >= 0.3 is 0 Å². The summed E-state index contributed by atoms with van der Waals surface area (Å²) in [6, 6.07) is 4.81. The van der Waals surface area contributed by atoms with Crippen molar-refractivity contribution in [2.75, 3.05) is 13.1 Å². The van der Waals surface area contributed by atoms with Gasteiger partial charge in [-0.15, -0.1) is 0 Å². The van der Waals surface area contributed by atoms with E-state index >= 15 is 0 Å². The summed E-state index contributed by atoms with van der Waals surface area (Å²) in [4.78, 5) is 25.3. The van der Waals surface area contributed by atoms with Crippen molar-refractivity contribution in [3.8, 4) is 0 Å². The number of benzene rings is 1. The maximum absolute atomic E-state index is 14.0. The van der Waals surface area contributed by atoms with Gasteiger partial charge in [-0.2, -0.15) is 0 Å². The van der Waals surface area contributed by atoms with E-state index in [9.17, 15) is 14.0 Å². The molecular weight excluding hydrogens is 339 g/mol. The second-order valence-corrected chi connectivity index (χ2v) is 5.94. The lowest BCUT2D eigenvalue weighted by molar-refractivity contribution is -0.121. The van der Waals surface area contributed by atoms with Gasteiger partial charge in [-0.05, 0) is 40.9 Å². The third kappa shape index (κ3) is 3.81. The molecule has 0 spiro atoms. The maximum Gasteiger partial charge on any atom is 0.256 e. The number of hydrogen-bond donors (Lipinski definition) is 1. The number of carbonyl (C=O) groups is 2. The molecule has 21 heavy (non-hydrogen) atoms. The van der Waals surface area contributed by atoms with Gasteiger partial charge in [0.25, 0.3) is 5.91 Å². The highest BCUT2D eigenvalue weighted by molar-refractivity contribution is 9.10. The van der Waals surface area contributed by atoms with E-state index < -0.39 is 5.82 Å². The second-order valence-electron chi connectivity index (χ2n) is 5.09. The molecule has 0 bridgehead atoms. The van der Waals surface area contributed by atoms with Crippen LogP contribution in [0.2, 0.25) is 0 Å². The van der Waals surface area contributed by atoms with Crippen LogP contribution in [0.4, 0.5) is 4.39 Å². The van der Waals surface area contributed by atoms with E-state index in [4.69, 9.17) is 0 Å². The number of likely N-dealkylation sites (tertiary alicyclic amines) is 1. The lowest BCUT2D eigenvalue weighted by atomic mass is 10.0. The summed E-state index contributed by atoms with van der Waals surface area (Å²) in [7, 11) is 0. The average molecular weight is 357 g/mol. The SMILES string of the molecule is CCC(=O)NC1CCN(C(=O)c2cccc(Br)c2F)CC1. The third-order valence-electron chi connectivity index (χ3n) is 3.65. The van der Waals surface area contributed by atoms with Crippen LogP contribution >= 0.6 is 15.9 Å². The average Bonchev–Trinajstić information content (AvgIpc) is 2.50. The Morgan fingerprint density at radius 3 is 2.67 bits per heavy atom. The first-order valence-electron chi connectivity index (χ1n) is 7.05. The summed E-state index contributed by atoms with van der Waals surface area (Å²) in [6.45, 7) is 2.86. The van der Waals surface area contributed by atoms with Crippen molar-refractivity contribution in [2.45, 2.75) is 32.2 Å². The largest absolute Gasteiger partial charge is 0.353 e. The van der Waals surface area contributed by atoms with E-state index in [1.807, 2.05) is 6.92 Å². The molecule has 4 nitrogen and oxygen atoms in total. The Bertz CT molecular complexity index is 542. The minimum atomic E-state index is -0.524. The molecule has 1 saturated heterocycles. The molecule has 2 rings (SSSR count). The summed E-state index contributed by atoms with van der Waals surface area (Å²) in [5.74, 6) is -0.796. The molecule has 1 aliphatic rings. The van der Waals surface area contributed by atoms with Crippen molar-refractivity contribution in [3.63, 3.8) is 0 Å². The molecule has 6 heteroatoms. The van der Waals surface area contributed by atoms with Gasteiger partial charge < -0.3 is 10.2 Å². The molecule has 0 radical (unpaired) electrons. The topological polar surface area (TPSA) is 49.4 Å². The van der Waals surface area contributed by atoms with E-state index in [0.29, 0.717) is 36.8 Å². The summed E-state index contributed by atoms with van der Waals surface area (Å²) in [5, 5.41) is 2.93. The Morgan fingerprint density at radius 1 is 1.38 bits per heavy atom. The highest BCUT2D eigenvalue weighted by atomic mass is 79.9. The molecule has 0 atom stereocenters. The van der Waals surface area contributed by atoms with Gasteiger partial charge in [0.1, 0.15) is 5.82 Å². The number of piperidine rings is 1. The molecule has 1 aromatic carbocycles. The zero-order valence-corrected chi connectivity index (χ0v) is 13.5. The van der Waals surface area contributed by atoms with Gasteiger partial charge in [0.15, 0.2) is 0 Å². The summed E-state index contributed by atoms with van der Waals surface area (Å²) < 4.78 is 14.2. The third-order valence-corrected chi connectivity index (χ3v) is 4.26. The highest BCUT2D eigenvalue weighted by Gasteiger charge is 2.26. The normalized spacial score (nSPS) is 15.9. The lowest BCUT2D eigenvalue weighted by Gasteiger charge is -2.32. The Hall–Kier alpha value is -1.43. The summed E-state index contributed by atoms with van der Waals surface area (Å²) >= 11 is 3.09. The first-order chi connectivity index (χ1) is 10.0. The lowest BCUT2D eigenvalue weighted by Crippen LogP contribution is -2.46. The zero-order valence-electron chi connectivity index (χ0n) is 11.9. The van der Waals surface area contributed by atoms with E-state index in [1.54, 1.807) is 17.0 Å².